The molecule has 186 valence electrons. The Morgan fingerprint density at radius 1 is 0.538 bits per heavy atom. The van der Waals surface area contributed by atoms with Gasteiger partial charge in [-0.1, -0.05) is 111 Å². The zero-order valence-electron chi connectivity index (χ0n) is 22.0. The van der Waals surface area contributed by atoms with Crippen molar-refractivity contribution in [1.82, 2.24) is 0 Å². The van der Waals surface area contributed by atoms with Crippen LogP contribution < -0.4 is 5.32 Å². The van der Waals surface area contributed by atoms with Gasteiger partial charge in [-0.05, 0) is 68.4 Å². The maximum atomic E-state index is 3.76. The fourth-order valence-electron chi connectivity index (χ4n) is 6.46. The first-order valence-electron chi connectivity index (χ1n) is 13.5. The van der Waals surface area contributed by atoms with Gasteiger partial charge >= 0.3 is 0 Å². The molecule has 7 aromatic rings. The van der Waals surface area contributed by atoms with E-state index in [4.69, 9.17) is 0 Å². The van der Waals surface area contributed by atoms with Gasteiger partial charge in [0.15, 0.2) is 0 Å². The predicted octanol–water partition coefficient (Wildman–Crippen LogP) is 10.9. The molecule has 1 aliphatic carbocycles. The molecule has 0 atom stereocenters. The maximum Gasteiger partial charge on any atom is 0.0590 e. The van der Waals surface area contributed by atoms with E-state index >= 15 is 0 Å². The normalized spacial score (nSPS) is 13.6. The quantitative estimate of drug-likeness (QED) is 0.246. The second-order valence-corrected chi connectivity index (χ2v) is 12.1. The molecule has 6 aromatic carbocycles. The van der Waals surface area contributed by atoms with E-state index in [-0.39, 0.29) is 5.41 Å². The van der Waals surface area contributed by atoms with Crippen molar-refractivity contribution in [1.29, 1.82) is 0 Å². The van der Waals surface area contributed by atoms with Crippen molar-refractivity contribution in [3.63, 3.8) is 0 Å². The summed E-state index contributed by atoms with van der Waals surface area (Å²) >= 11 is 1.88. The van der Waals surface area contributed by atoms with Crippen molar-refractivity contribution in [3.8, 4) is 22.3 Å². The number of thiophene rings is 1. The van der Waals surface area contributed by atoms with Crippen molar-refractivity contribution in [2.75, 3.05) is 5.32 Å². The van der Waals surface area contributed by atoms with Crippen LogP contribution in [-0.2, 0) is 5.41 Å². The van der Waals surface area contributed by atoms with Crippen LogP contribution in [-0.4, -0.2) is 0 Å². The molecule has 1 aliphatic rings. The Morgan fingerprint density at radius 3 is 2.23 bits per heavy atom. The zero-order valence-corrected chi connectivity index (χ0v) is 22.8. The standard InChI is InChI=1S/C37H27NS/c1-37(2)32-15-6-5-13-28(32)31-22-25(18-20-33(31)37)24-10-7-11-26(21-24)38-34-16-8-14-29-30-19-17-23-9-3-4-12-27(23)35(30)39-36(29)34/h3-22,38H,1-2H3. The van der Waals surface area contributed by atoms with E-state index in [1.165, 1.54) is 64.3 Å². The van der Waals surface area contributed by atoms with Gasteiger partial charge in [0.2, 0.25) is 0 Å². The van der Waals surface area contributed by atoms with Gasteiger partial charge in [0.05, 0.1) is 10.4 Å². The first-order valence-corrected chi connectivity index (χ1v) is 14.3. The lowest BCUT2D eigenvalue weighted by Gasteiger charge is -2.21. The first-order chi connectivity index (χ1) is 19.1. The van der Waals surface area contributed by atoms with Crippen molar-refractivity contribution >= 4 is 53.7 Å². The first kappa shape index (κ1) is 22.6. The second-order valence-electron chi connectivity index (χ2n) is 11.1. The molecule has 2 heteroatoms. The summed E-state index contributed by atoms with van der Waals surface area (Å²) in [6, 6.07) is 44.4. The lowest BCUT2D eigenvalue weighted by molar-refractivity contribution is 0.660. The van der Waals surface area contributed by atoms with E-state index in [1.807, 2.05) is 11.3 Å². The average Bonchev–Trinajstić information content (AvgIpc) is 3.47. The lowest BCUT2D eigenvalue weighted by atomic mass is 9.82. The number of hydrogen-bond donors (Lipinski definition) is 1. The van der Waals surface area contributed by atoms with Crippen LogP contribution in [0.25, 0.3) is 53.2 Å². The summed E-state index contributed by atoms with van der Waals surface area (Å²) in [5, 5.41) is 9.01. The van der Waals surface area contributed by atoms with E-state index in [1.54, 1.807) is 0 Å². The minimum Gasteiger partial charge on any atom is -0.354 e. The lowest BCUT2D eigenvalue weighted by Crippen LogP contribution is -2.14. The van der Waals surface area contributed by atoms with E-state index < -0.39 is 0 Å². The smallest absolute Gasteiger partial charge is 0.0590 e. The third-order valence-electron chi connectivity index (χ3n) is 8.45. The number of hydrogen-bond acceptors (Lipinski definition) is 2. The molecule has 39 heavy (non-hydrogen) atoms. The Balaban J connectivity index is 1.20. The minimum atomic E-state index is 0.0299. The Hall–Kier alpha value is -4.40. The molecule has 1 aromatic heterocycles. The molecule has 0 aliphatic heterocycles. The van der Waals surface area contributed by atoms with E-state index in [9.17, 15) is 0 Å². The van der Waals surface area contributed by atoms with Crippen LogP contribution in [0.1, 0.15) is 25.0 Å². The molecule has 0 unspecified atom stereocenters. The summed E-state index contributed by atoms with van der Waals surface area (Å²) in [7, 11) is 0. The van der Waals surface area contributed by atoms with Crippen LogP contribution in [0.15, 0.2) is 121 Å². The van der Waals surface area contributed by atoms with Gasteiger partial charge in [0.25, 0.3) is 0 Å². The minimum absolute atomic E-state index is 0.0299. The average molecular weight is 518 g/mol. The van der Waals surface area contributed by atoms with Crippen LogP contribution in [0.3, 0.4) is 0 Å². The Labute approximate surface area is 232 Å². The number of nitrogens with one attached hydrogen (secondary N) is 1. The van der Waals surface area contributed by atoms with Gasteiger partial charge in [0, 0.05) is 26.6 Å². The number of rotatable bonds is 3. The van der Waals surface area contributed by atoms with Crippen LogP contribution in [0.4, 0.5) is 11.4 Å². The SMILES string of the molecule is CC1(C)c2ccccc2-c2cc(-c3cccc(Nc4cccc5c4sc4c6ccccc6ccc54)c3)ccc21. The topological polar surface area (TPSA) is 12.0 Å². The number of anilines is 2. The highest BCUT2D eigenvalue weighted by Gasteiger charge is 2.35. The summed E-state index contributed by atoms with van der Waals surface area (Å²) in [6.45, 7) is 4.67. The Morgan fingerprint density at radius 2 is 1.28 bits per heavy atom. The molecule has 8 rings (SSSR count). The van der Waals surface area contributed by atoms with Crippen molar-refractivity contribution < 1.29 is 0 Å². The summed E-state index contributed by atoms with van der Waals surface area (Å²) in [5.74, 6) is 0. The highest BCUT2D eigenvalue weighted by atomic mass is 32.1. The summed E-state index contributed by atoms with van der Waals surface area (Å²) in [6.07, 6.45) is 0. The summed E-state index contributed by atoms with van der Waals surface area (Å²) in [4.78, 5) is 0. The fourth-order valence-corrected chi connectivity index (χ4v) is 7.76. The molecule has 0 amide bonds. The molecule has 0 radical (unpaired) electrons. The molecule has 1 nitrogen and oxygen atoms in total. The third-order valence-corrected chi connectivity index (χ3v) is 9.74. The van der Waals surface area contributed by atoms with Gasteiger partial charge in [-0.2, -0.15) is 0 Å². The van der Waals surface area contributed by atoms with E-state index in [0.29, 0.717) is 0 Å². The molecule has 0 saturated carbocycles. The monoisotopic (exact) mass is 517 g/mol. The Bertz CT molecular complexity index is 2080. The van der Waals surface area contributed by atoms with Crippen molar-refractivity contribution in [2.24, 2.45) is 0 Å². The van der Waals surface area contributed by atoms with Gasteiger partial charge in [0.1, 0.15) is 0 Å². The van der Waals surface area contributed by atoms with Crippen LogP contribution in [0.5, 0.6) is 0 Å². The van der Waals surface area contributed by atoms with Gasteiger partial charge in [-0.25, -0.2) is 0 Å². The molecule has 0 fully saturated rings. The third kappa shape index (κ3) is 3.38. The molecule has 0 spiro atoms. The molecule has 0 bridgehead atoms. The maximum absolute atomic E-state index is 3.76. The number of fused-ring (bicyclic) bond motifs is 8. The summed E-state index contributed by atoms with van der Waals surface area (Å²) < 4.78 is 2.65. The molecule has 1 N–H and O–H groups in total. The highest BCUT2D eigenvalue weighted by Crippen LogP contribution is 2.49. The largest absolute Gasteiger partial charge is 0.354 e. The van der Waals surface area contributed by atoms with Crippen molar-refractivity contribution in [2.45, 2.75) is 19.3 Å². The number of benzene rings is 6. The highest BCUT2D eigenvalue weighted by molar-refractivity contribution is 7.27. The zero-order chi connectivity index (χ0) is 26.1. The van der Waals surface area contributed by atoms with Crippen LogP contribution in [0, 0.1) is 0 Å². The fraction of sp³-hybridized carbons (Fsp3) is 0.0811. The van der Waals surface area contributed by atoms with E-state index in [2.05, 4.69) is 140 Å². The molecule has 0 saturated heterocycles. The van der Waals surface area contributed by atoms with Gasteiger partial charge < -0.3 is 5.32 Å². The van der Waals surface area contributed by atoms with Crippen molar-refractivity contribution in [3.05, 3.63) is 132 Å². The van der Waals surface area contributed by atoms with Gasteiger partial charge in [-0.15, -0.1) is 11.3 Å². The molecular weight excluding hydrogens is 490 g/mol. The molecule has 1 heterocycles. The predicted molar refractivity (Wildman–Crippen MR) is 170 cm³/mol. The second kappa shape index (κ2) is 8.30. The van der Waals surface area contributed by atoms with Crippen LogP contribution >= 0.6 is 11.3 Å². The van der Waals surface area contributed by atoms with Crippen LogP contribution in [0.2, 0.25) is 0 Å². The Kier molecular flexibility index (Phi) is 4.80. The van der Waals surface area contributed by atoms with E-state index in [0.717, 1.165) is 11.4 Å². The van der Waals surface area contributed by atoms with Gasteiger partial charge in [-0.3, -0.25) is 0 Å². The summed E-state index contributed by atoms with van der Waals surface area (Å²) in [5.41, 5.74) is 10.3. The molecular formula is C37H27NS.